The summed E-state index contributed by atoms with van der Waals surface area (Å²) in [4.78, 5) is 86.5. The van der Waals surface area contributed by atoms with Crippen LogP contribution in [0.5, 0.6) is 0 Å². The molecule has 0 aliphatic carbocycles. The molecule has 0 fully saturated rings. The fourth-order valence-corrected chi connectivity index (χ4v) is 16.6. The Morgan fingerprint density at radius 3 is 0.872 bits per heavy atom. The van der Waals surface area contributed by atoms with Crippen molar-refractivity contribution in [3.05, 3.63) is 401 Å². The van der Waals surface area contributed by atoms with Crippen molar-refractivity contribution >= 4 is 115 Å². The van der Waals surface area contributed by atoms with E-state index in [1.807, 2.05) is 205 Å². The molecule has 0 atom stereocenters. The molecule has 8 aromatic heterocycles. The maximum Gasteiger partial charge on any atom is 0.335 e. The van der Waals surface area contributed by atoms with Gasteiger partial charge in [0.05, 0.1) is 42.6 Å². The Kier molecular flexibility index (Phi) is 33.0. The highest BCUT2D eigenvalue weighted by molar-refractivity contribution is 7.14. The van der Waals surface area contributed by atoms with Crippen LogP contribution in [0.1, 0.15) is 154 Å². The zero-order chi connectivity index (χ0) is 93.5. The molecule has 658 valence electrons. The molecule has 8 aromatic carbocycles. The Labute approximate surface area is 788 Å². The second-order valence-corrected chi connectivity index (χ2v) is 33.3. The molecule has 0 unspecified atom stereocenters. The standard InChI is InChI=1S/2C28H23N3O2S.C27H23N3O2S.C26H21N3O2S/c1-3-7-24-19(2)29-28(25-16-22(18-34-25)11-10-20-8-5-4-6-9-20)31-27(24)30-23-14-12-21(13-15-23)17-26(32)33;1-3-8-23-24(4-2)30-27(31-26(23)29-22-15-13-21(14-16-22)28(32)33)25-17-20(18-34-25)12-11-19-9-6-5-7-10-19;1-3-22-23(4-2)29-26(30-25(22)28-21-14-12-20(13-15-21)27(31)32)24-16-19(17-33-24)11-10-18-8-6-5-7-9-18;1-3-22-17(2)27-25(29-24(22)28-21-13-11-20(12-14-21)26(30)31)23-15-19(16-32-23)10-9-18-7-5-4-6-8-18/h3-6,8-9,12-16,18H,1,7,17H2,2H3,(H,32,33)(H,29,30,31);3,5-7,9-10,13-18H,1,4,8H2,2H3,(H,32,33)(H,29,30,31);5-9,12-17H,3-4H2,1-2H3,(H,31,32)(H,28,29,30);4-8,11-16H,3H2,1-2H3,(H,30,31)(H,27,28,29). The first kappa shape index (κ1) is 94.3. The lowest BCUT2D eigenvalue weighted by Gasteiger charge is -2.15. The van der Waals surface area contributed by atoms with Crippen molar-refractivity contribution in [1.82, 2.24) is 39.9 Å². The van der Waals surface area contributed by atoms with Crippen LogP contribution in [0.3, 0.4) is 0 Å². The van der Waals surface area contributed by atoms with Crippen molar-refractivity contribution in [2.75, 3.05) is 21.3 Å². The molecule has 0 radical (unpaired) electrons. The summed E-state index contributed by atoms with van der Waals surface area (Å²) in [6, 6.07) is 74.8. The molecule has 20 nitrogen and oxygen atoms in total. The van der Waals surface area contributed by atoms with E-state index in [9.17, 15) is 19.2 Å². The largest absolute Gasteiger partial charge is 0.481 e. The molecule has 0 amide bonds. The zero-order valence-electron chi connectivity index (χ0n) is 73.6. The average Bonchev–Trinajstić information content (AvgIpc) is 1.82. The number of aliphatic carboxylic acids is 1. The van der Waals surface area contributed by atoms with Crippen LogP contribution in [-0.2, 0) is 49.7 Å². The van der Waals surface area contributed by atoms with Crippen LogP contribution >= 0.6 is 45.3 Å². The zero-order valence-corrected chi connectivity index (χ0v) is 76.8. The number of aromatic carboxylic acids is 3. The van der Waals surface area contributed by atoms with Gasteiger partial charge in [0, 0.05) is 134 Å². The topological polar surface area (TPSA) is 300 Å². The second kappa shape index (κ2) is 46.6. The third-order valence-corrected chi connectivity index (χ3v) is 23.9. The van der Waals surface area contributed by atoms with Gasteiger partial charge in [0.2, 0.25) is 0 Å². The molecule has 0 spiro atoms. The molecule has 0 saturated carbocycles. The maximum atomic E-state index is 11.2. The summed E-state index contributed by atoms with van der Waals surface area (Å²) < 4.78 is 0. The van der Waals surface area contributed by atoms with Gasteiger partial charge in [0.15, 0.2) is 23.3 Å². The van der Waals surface area contributed by atoms with Crippen molar-refractivity contribution in [3.63, 3.8) is 0 Å². The molecule has 0 bridgehead atoms. The van der Waals surface area contributed by atoms with Gasteiger partial charge in [-0.3, -0.25) is 4.79 Å². The Bertz CT molecular complexity index is 7120. The van der Waals surface area contributed by atoms with E-state index in [1.165, 1.54) is 0 Å². The summed E-state index contributed by atoms with van der Waals surface area (Å²) in [6.07, 6.45) is 8.01. The van der Waals surface area contributed by atoms with Crippen molar-refractivity contribution in [2.45, 2.75) is 86.5 Å². The molecule has 8 N–H and O–H groups in total. The van der Waals surface area contributed by atoms with Gasteiger partial charge >= 0.3 is 23.9 Å². The predicted octanol–water partition coefficient (Wildman–Crippen LogP) is 24.4. The van der Waals surface area contributed by atoms with Crippen LogP contribution in [-0.4, -0.2) is 84.2 Å². The number of nitrogens with zero attached hydrogens (tertiary/aromatic N) is 8. The number of rotatable bonds is 25. The lowest BCUT2D eigenvalue weighted by molar-refractivity contribution is -0.136. The monoisotopic (exact) mass is 1820 g/mol. The van der Waals surface area contributed by atoms with E-state index in [-0.39, 0.29) is 23.1 Å². The number of carboxylic acid groups (broad SMARTS) is 4. The quantitative estimate of drug-likeness (QED) is 0.0195. The highest BCUT2D eigenvalue weighted by Crippen LogP contribution is 2.36. The molecule has 16 rings (SSSR count). The Balaban J connectivity index is 0.000000151. The number of allylic oxidation sites excluding steroid dienone is 2. The number of anilines is 8. The molecule has 24 heteroatoms. The third kappa shape index (κ3) is 26.5. The minimum atomic E-state index is -0.958. The summed E-state index contributed by atoms with van der Waals surface area (Å²) in [5.41, 5.74) is 19.9. The van der Waals surface area contributed by atoms with E-state index in [4.69, 9.17) is 60.3 Å². The van der Waals surface area contributed by atoms with Gasteiger partial charge in [-0.15, -0.1) is 58.5 Å². The summed E-state index contributed by atoms with van der Waals surface area (Å²) >= 11 is 6.24. The minimum absolute atomic E-state index is 0.00731. The summed E-state index contributed by atoms with van der Waals surface area (Å²) in [6.45, 7) is 20.0. The summed E-state index contributed by atoms with van der Waals surface area (Å²) in [5, 5.41) is 57.8. The van der Waals surface area contributed by atoms with E-state index < -0.39 is 23.9 Å². The third-order valence-electron chi connectivity index (χ3n) is 20.2. The summed E-state index contributed by atoms with van der Waals surface area (Å²) in [7, 11) is 0. The van der Waals surface area contributed by atoms with Gasteiger partial charge in [-0.2, -0.15) is 0 Å². The van der Waals surface area contributed by atoms with E-state index in [0.717, 1.165) is 175 Å². The number of thiophene rings is 4. The van der Waals surface area contributed by atoms with Crippen LogP contribution in [0.15, 0.2) is 289 Å². The van der Waals surface area contributed by atoms with Gasteiger partial charge in [0.1, 0.15) is 23.3 Å². The first-order chi connectivity index (χ1) is 64.7. The SMILES string of the molecule is C=CCc1c(C)nc(-c2cc(C#Cc3ccccc3)cs2)nc1Nc1ccc(CC(=O)O)cc1.C=CCc1c(CC)nc(-c2cc(C#Cc3ccccc3)cs2)nc1Nc1ccc(C(=O)O)cc1.CCc1c(C)nc(-c2cc(C#Cc3ccccc3)cs2)nc1Nc1ccc(C(=O)O)cc1.CCc1nc(-c2cc(C#Cc3ccccc3)cs2)nc(Nc2ccc(C(=O)O)cc2)c1CC. The molecule has 16 aromatic rings. The van der Waals surface area contributed by atoms with Gasteiger partial charge in [-0.25, -0.2) is 54.3 Å². The molecule has 0 saturated heterocycles. The minimum Gasteiger partial charge on any atom is -0.481 e. The fraction of sp³-hybridized carbons (Fsp3) is 0.119. The number of hydrogen-bond donors (Lipinski definition) is 8. The molecular formula is C109H90N12O8S4. The lowest BCUT2D eigenvalue weighted by Crippen LogP contribution is -2.07. The maximum absolute atomic E-state index is 11.2. The van der Waals surface area contributed by atoms with E-state index in [0.29, 0.717) is 47.8 Å². The first-order valence-corrected chi connectivity index (χ1v) is 46.0. The number of benzene rings is 8. The molecule has 0 aliphatic rings. The molecular weight excluding hydrogens is 1730 g/mol. The van der Waals surface area contributed by atoms with Crippen molar-refractivity contribution in [3.8, 4) is 90.2 Å². The number of aromatic nitrogens is 8. The van der Waals surface area contributed by atoms with Crippen molar-refractivity contribution in [1.29, 1.82) is 0 Å². The normalized spacial score (nSPS) is 10.3. The number of nitrogens with one attached hydrogen (secondary N) is 4. The fourth-order valence-electron chi connectivity index (χ4n) is 13.5. The lowest BCUT2D eigenvalue weighted by atomic mass is 10.1. The predicted molar refractivity (Wildman–Crippen MR) is 537 cm³/mol. The Morgan fingerprint density at radius 2 is 0.579 bits per heavy atom. The highest BCUT2D eigenvalue weighted by atomic mass is 32.1. The first-order valence-electron chi connectivity index (χ1n) is 42.5. The number of hydrogen-bond acceptors (Lipinski definition) is 20. The highest BCUT2D eigenvalue weighted by Gasteiger charge is 2.21. The van der Waals surface area contributed by atoms with Crippen LogP contribution in [0.2, 0.25) is 0 Å². The summed E-state index contributed by atoms with van der Waals surface area (Å²) in [5.74, 6) is 27.3. The van der Waals surface area contributed by atoms with E-state index in [2.05, 4.69) is 109 Å². The van der Waals surface area contributed by atoms with Crippen molar-refractivity contribution in [2.24, 2.45) is 0 Å². The van der Waals surface area contributed by atoms with Gasteiger partial charge < -0.3 is 41.7 Å². The van der Waals surface area contributed by atoms with Crippen molar-refractivity contribution < 1.29 is 39.6 Å². The molecule has 133 heavy (non-hydrogen) atoms. The number of carboxylic acids is 4. The molecule has 8 heterocycles. The smallest absolute Gasteiger partial charge is 0.335 e. The number of carbonyl (C=O) groups is 4. The van der Waals surface area contributed by atoms with E-state index in [1.54, 1.807) is 130 Å². The number of aryl methyl sites for hydroxylation is 4. The van der Waals surface area contributed by atoms with E-state index >= 15 is 0 Å². The van der Waals surface area contributed by atoms with Crippen LogP contribution in [0.4, 0.5) is 46.0 Å². The Hall–Kier alpha value is -16.3. The van der Waals surface area contributed by atoms with Gasteiger partial charge in [-0.1, -0.05) is 172 Å². The second-order valence-electron chi connectivity index (χ2n) is 29.6. The average molecular weight is 1820 g/mol. The van der Waals surface area contributed by atoms with Gasteiger partial charge in [0.25, 0.3) is 0 Å². The van der Waals surface area contributed by atoms with Crippen LogP contribution in [0, 0.1) is 61.2 Å². The van der Waals surface area contributed by atoms with Gasteiger partial charge in [-0.05, 0) is 216 Å². The molecule has 0 aliphatic heterocycles. The van der Waals surface area contributed by atoms with Crippen LogP contribution in [0.25, 0.3) is 42.8 Å². The Morgan fingerprint density at radius 1 is 0.316 bits per heavy atom. The van der Waals surface area contributed by atoms with Crippen LogP contribution < -0.4 is 21.3 Å².